The van der Waals surface area contributed by atoms with E-state index in [0.717, 1.165) is 17.8 Å². The van der Waals surface area contributed by atoms with Crippen molar-refractivity contribution in [3.05, 3.63) is 36.0 Å². The lowest BCUT2D eigenvalue weighted by atomic mass is 10.0. The van der Waals surface area contributed by atoms with E-state index in [-0.39, 0.29) is 0 Å². The summed E-state index contributed by atoms with van der Waals surface area (Å²) in [6.07, 6.45) is 0. The molecule has 0 aliphatic heterocycles. The molecule has 0 fully saturated rings. The number of anilines is 1. The molecule has 0 radical (unpaired) electrons. The molecule has 1 aromatic heterocycles. The Morgan fingerprint density at radius 2 is 1.76 bits per heavy atom. The number of aliphatic carboxylic acids is 1. The van der Waals surface area contributed by atoms with Crippen molar-refractivity contribution >= 4 is 28.3 Å². The zero-order chi connectivity index (χ0) is 16.2. The van der Waals surface area contributed by atoms with Crippen molar-refractivity contribution < 1.29 is 19.8 Å². The molecule has 1 aromatic carbocycles. The maximum Gasteiger partial charge on any atom is 0.371 e. The standard InChI is InChI=1S/C12H14N2O.C3H4O3/c1-12(2,15)11-9(13)7-8-5-3-4-6-10(8)14-11;1-2(4)3(5)6/h3-7,15H,13H2,1-2H3;1H3,(H,5,6). The van der Waals surface area contributed by atoms with Crippen LogP contribution in [-0.4, -0.2) is 26.9 Å². The maximum absolute atomic E-state index is 9.89. The molecule has 4 N–H and O–H groups in total. The number of nitrogen functional groups attached to an aromatic ring is 1. The third-order valence-corrected chi connectivity index (χ3v) is 2.63. The first-order chi connectivity index (χ1) is 9.62. The third-order valence-electron chi connectivity index (χ3n) is 2.63. The van der Waals surface area contributed by atoms with Crippen molar-refractivity contribution in [3.63, 3.8) is 0 Å². The first-order valence-electron chi connectivity index (χ1n) is 6.25. The molecule has 6 heteroatoms. The van der Waals surface area contributed by atoms with Crippen molar-refractivity contribution in [2.75, 3.05) is 5.73 Å². The SMILES string of the molecule is CC(=O)C(=O)O.CC(C)(O)c1nc2ccccc2cc1N. The number of carboxylic acid groups (broad SMARTS) is 1. The van der Waals surface area contributed by atoms with Gasteiger partial charge in [0.1, 0.15) is 5.60 Å². The van der Waals surface area contributed by atoms with Gasteiger partial charge in [-0.2, -0.15) is 0 Å². The smallest absolute Gasteiger partial charge is 0.371 e. The first kappa shape index (κ1) is 16.6. The molecule has 0 aliphatic carbocycles. The second-order valence-corrected chi connectivity index (χ2v) is 5.04. The predicted molar refractivity (Wildman–Crippen MR) is 79.7 cm³/mol. The number of Topliss-reactive ketones (excluding diaryl/α,β-unsaturated/α-hetero) is 1. The number of pyridine rings is 1. The highest BCUT2D eigenvalue weighted by molar-refractivity contribution is 6.31. The van der Waals surface area contributed by atoms with Gasteiger partial charge >= 0.3 is 5.97 Å². The second-order valence-electron chi connectivity index (χ2n) is 5.04. The number of aliphatic hydroxyl groups is 1. The molecule has 0 atom stereocenters. The Balaban J connectivity index is 0.000000315. The van der Waals surface area contributed by atoms with Gasteiger partial charge in [-0.3, -0.25) is 4.79 Å². The molecule has 0 spiro atoms. The lowest BCUT2D eigenvalue weighted by Crippen LogP contribution is -2.19. The Bertz CT molecular complexity index is 663. The van der Waals surface area contributed by atoms with Crippen molar-refractivity contribution in [3.8, 4) is 0 Å². The highest BCUT2D eigenvalue weighted by atomic mass is 16.4. The van der Waals surface area contributed by atoms with Crippen LogP contribution in [-0.2, 0) is 15.2 Å². The summed E-state index contributed by atoms with van der Waals surface area (Å²) in [6, 6.07) is 9.55. The lowest BCUT2D eigenvalue weighted by molar-refractivity contribution is -0.148. The Hall–Kier alpha value is -2.47. The third kappa shape index (κ3) is 4.54. The van der Waals surface area contributed by atoms with Crippen molar-refractivity contribution in [1.29, 1.82) is 0 Å². The summed E-state index contributed by atoms with van der Waals surface area (Å²) in [5.74, 6) is -2.20. The van der Waals surface area contributed by atoms with Crippen molar-refractivity contribution in [1.82, 2.24) is 4.98 Å². The molecular formula is C15H18N2O4. The Morgan fingerprint density at radius 1 is 1.24 bits per heavy atom. The number of ketones is 1. The number of para-hydroxylation sites is 1. The zero-order valence-electron chi connectivity index (χ0n) is 12.1. The largest absolute Gasteiger partial charge is 0.476 e. The minimum Gasteiger partial charge on any atom is -0.476 e. The Labute approximate surface area is 122 Å². The number of hydrogen-bond donors (Lipinski definition) is 3. The molecule has 0 saturated carbocycles. The van der Waals surface area contributed by atoms with Gasteiger partial charge in [0.05, 0.1) is 16.9 Å². The number of carboxylic acids is 1. The van der Waals surface area contributed by atoms with Crippen LogP contribution in [0.4, 0.5) is 5.69 Å². The zero-order valence-corrected chi connectivity index (χ0v) is 12.1. The number of rotatable bonds is 2. The van der Waals surface area contributed by atoms with E-state index in [2.05, 4.69) is 4.98 Å². The lowest BCUT2D eigenvalue weighted by Gasteiger charge is -2.19. The first-order valence-corrected chi connectivity index (χ1v) is 6.25. The van der Waals surface area contributed by atoms with E-state index in [1.54, 1.807) is 13.8 Å². The molecule has 2 rings (SSSR count). The van der Waals surface area contributed by atoms with Gasteiger partial charge in [0.15, 0.2) is 0 Å². The summed E-state index contributed by atoms with van der Waals surface area (Å²) < 4.78 is 0. The van der Waals surface area contributed by atoms with E-state index in [4.69, 9.17) is 10.8 Å². The van der Waals surface area contributed by atoms with Gasteiger partial charge in [0.25, 0.3) is 0 Å². The van der Waals surface area contributed by atoms with Gasteiger partial charge < -0.3 is 15.9 Å². The molecule has 0 aliphatic rings. The van der Waals surface area contributed by atoms with Gasteiger partial charge in [-0.25, -0.2) is 9.78 Å². The number of fused-ring (bicyclic) bond motifs is 1. The molecule has 112 valence electrons. The minimum absolute atomic E-state index is 0.529. The topological polar surface area (TPSA) is 114 Å². The molecular weight excluding hydrogens is 272 g/mol. The molecule has 2 aromatic rings. The fraction of sp³-hybridized carbons (Fsp3) is 0.267. The number of carbonyl (C=O) groups is 2. The van der Waals surface area contributed by atoms with E-state index in [1.807, 2.05) is 30.3 Å². The van der Waals surface area contributed by atoms with Crippen LogP contribution in [0.25, 0.3) is 10.9 Å². The van der Waals surface area contributed by atoms with Crippen molar-refractivity contribution in [2.45, 2.75) is 26.4 Å². The summed E-state index contributed by atoms with van der Waals surface area (Å²) in [5.41, 5.74) is 6.75. The Kier molecular flexibility index (Phi) is 4.99. The van der Waals surface area contributed by atoms with Crippen LogP contribution in [0.2, 0.25) is 0 Å². The number of hydrogen-bond acceptors (Lipinski definition) is 5. The average molecular weight is 290 g/mol. The summed E-state index contributed by atoms with van der Waals surface area (Å²) in [7, 11) is 0. The van der Waals surface area contributed by atoms with Crippen LogP contribution in [0, 0.1) is 0 Å². The number of carbonyl (C=O) groups excluding carboxylic acids is 1. The molecule has 0 amide bonds. The quantitative estimate of drug-likeness (QED) is 0.725. The van der Waals surface area contributed by atoms with E-state index in [9.17, 15) is 14.7 Å². The summed E-state index contributed by atoms with van der Waals surface area (Å²) in [5, 5.41) is 18.5. The second kappa shape index (κ2) is 6.32. The van der Waals surface area contributed by atoms with E-state index < -0.39 is 17.4 Å². The number of nitrogens with zero attached hydrogens (tertiary/aromatic N) is 1. The van der Waals surface area contributed by atoms with Crippen LogP contribution in [0.1, 0.15) is 26.5 Å². The molecule has 6 nitrogen and oxygen atoms in total. The van der Waals surface area contributed by atoms with E-state index in [0.29, 0.717) is 11.4 Å². The molecule has 0 unspecified atom stereocenters. The maximum atomic E-state index is 9.89. The van der Waals surface area contributed by atoms with Gasteiger partial charge in [-0.1, -0.05) is 18.2 Å². The van der Waals surface area contributed by atoms with Crippen LogP contribution in [0.5, 0.6) is 0 Å². The summed E-state index contributed by atoms with van der Waals surface area (Å²) in [6.45, 7) is 4.36. The van der Waals surface area contributed by atoms with Crippen LogP contribution < -0.4 is 5.73 Å². The summed E-state index contributed by atoms with van der Waals surface area (Å²) in [4.78, 5) is 23.3. The molecule has 21 heavy (non-hydrogen) atoms. The highest BCUT2D eigenvalue weighted by Gasteiger charge is 2.21. The molecule has 1 heterocycles. The number of benzene rings is 1. The minimum atomic E-state index is -1.38. The molecule has 0 saturated heterocycles. The van der Waals surface area contributed by atoms with Crippen LogP contribution in [0.3, 0.4) is 0 Å². The normalized spacial score (nSPS) is 10.7. The van der Waals surface area contributed by atoms with Gasteiger partial charge in [0, 0.05) is 12.3 Å². The van der Waals surface area contributed by atoms with Gasteiger partial charge in [0.2, 0.25) is 5.78 Å². The average Bonchev–Trinajstić information content (AvgIpc) is 2.37. The van der Waals surface area contributed by atoms with Gasteiger partial charge in [-0.15, -0.1) is 0 Å². The van der Waals surface area contributed by atoms with E-state index >= 15 is 0 Å². The molecule has 0 bridgehead atoms. The van der Waals surface area contributed by atoms with Crippen LogP contribution >= 0.6 is 0 Å². The van der Waals surface area contributed by atoms with E-state index in [1.165, 1.54) is 0 Å². The fourth-order valence-corrected chi connectivity index (χ4v) is 1.62. The van der Waals surface area contributed by atoms with Crippen molar-refractivity contribution in [2.24, 2.45) is 0 Å². The number of aromatic nitrogens is 1. The Morgan fingerprint density at radius 3 is 2.24 bits per heavy atom. The predicted octanol–water partition coefficient (Wildman–Crippen LogP) is 1.70. The monoisotopic (exact) mass is 290 g/mol. The van der Waals surface area contributed by atoms with Crippen LogP contribution in [0.15, 0.2) is 30.3 Å². The summed E-state index contributed by atoms with van der Waals surface area (Å²) >= 11 is 0. The van der Waals surface area contributed by atoms with Gasteiger partial charge in [-0.05, 0) is 26.0 Å². The fourth-order valence-electron chi connectivity index (χ4n) is 1.62. The number of nitrogens with two attached hydrogens (primary N) is 1. The highest BCUT2D eigenvalue weighted by Crippen LogP contribution is 2.26.